The van der Waals surface area contributed by atoms with E-state index in [1.54, 1.807) is 4.68 Å². The molecule has 0 aliphatic carbocycles. The summed E-state index contributed by atoms with van der Waals surface area (Å²) in [6, 6.07) is 8.24. The Morgan fingerprint density at radius 1 is 1.19 bits per heavy atom. The lowest BCUT2D eigenvalue weighted by Crippen LogP contribution is -2.02. The highest BCUT2D eigenvalue weighted by molar-refractivity contribution is 5.27. The minimum Gasteiger partial charge on any atom is -0.473 e. The number of benzene rings is 1. The van der Waals surface area contributed by atoms with Gasteiger partial charge < -0.3 is 4.74 Å². The molecule has 3 heteroatoms. The first-order valence-corrected chi connectivity index (χ1v) is 5.34. The summed E-state index contributed by atoms with van der Waals surface area (Å²) in [4.78, 5) is 0. The van der Waals surface area contributed by atoms with E-state index < -0.39 is 0 Å². The van der Waals surface area contributed by atoms with Gasteiger partial charge in [-0.3, -0.25) is 0 Å². The zero-order valence-electron chi connectivity index (χ0n) is 9.90. The van der Waals surface area contributed by atoms with Gasteiger partial charge in [0.25, 0.3) is 0 Å². The topological polar surface area (TPSA) is 27.1 Å². The summed E-state index contributed by atoms with van der Waals surface area (Å²) < 4.78 is 7.53. The van der Waals surface area contributed by atoms with Crippen LogP contribution < -0.4 is 4.74 Å². The lowest BCUT2D eigenvalue weighted by atomic mass is 10.1. The van der Waals surface area contributed by atoms with E-state index in [1.165, 1.54) is 11.1 Å². The number of aromatic nitrogens is 2. The van der Waals surface area contributed by atoms with Gasteiger partial charge in [-0.25, -0.2) is 4.68 Å². The predicted octanol–water partition coefficient (Wildman–Crippen LogP) is 2.62. The van der Waals surface area contributed by atoms with Crippen molar-refractivity contribution < 1.29 is 4.74 Å². The summed E-state index contributed by atoms with van der Waals surface area (Å²) in [7, 11) is 1.89. The van der Waals surface area contributed by atoms with Crippen LogP contribution in [0.5, 0.6) is 5.88 Å². The molecule has 0 aliphatic rings. The van der Waals surface area contributed by atoms with Gasteiger partial charge in [0.1, 0.15) is 6.61 Å². The Balaban J connectivity index is 2.11. The predicted molar refractivity (Wildman–Crippen MR) is 63.5 cm³/mol. The molecule has 0 amide bonds. The summed E-state index contributed by atoms with van der Waals surface area (Å²) in [6.07, 6.45) is 1.81. The van der Waals surface area contributed by atoms with E-state index in [9.17, 15) is 0 Å². The van der Waals surface area contributed by atoms with E-state index in [4.69, 9.17) is 4.74 Å². The standard InChI is InChI=1S/C13H16N2O/c1-10-6-4-5-7-12(10)9-16-13-11(2)8-14-15(13)3/h4-8H,9H2,1-3H3. The van der Waals surface area contributed by atoms with E-state index in [2.05, 4.69) is 24.2 Å². The summed E-state index contributed by atoms with van der Waals surface area (Å²) in [5.41, 5.74) is 3.53. The van der Waals surface area contributed by atoms with Gasteiger partial charge in [0, 0.05) is 12.6 Å². The van der Waals surface area contributed by atoms with Crippen LogP contribution in [0.1, 0.15) is 16.7 Å². The molecule has 1 aromatic carbocycles. The van der Waals surface area contributed by atoms with Crippen molar-refractivity contribution >= 4 is 0 Å². The zero-order valence-corrected chi connectivity index (χ0v) is 9.90. The maximum absolute atomic E-state index is 5.77. The lowest BCUT2D eigenvalue weighted by molar-refractivity contribution is 0.276. The van der Waals surface area contributed by atoms with E-state index in [1.807, 2.05) is 32.3 Å². The smallest absolute Gasteiger partial charge is 0.214 e. The van der Waals surface area contributed by atoms with Crippen molar-refractivity contribution in [3.05, 3.63) is 47.2 Å². The third-order valence-corrected chi connectivity index (χ3v) is 2.68. The van der Waals surface area contributed by atoms with Crippen molar-refractivity contribution in [1.29, 1.82) is 0 Å². The van der Waals surface area contributed by atoms with Gasteiger partial charge in [-0.05, 0) is 25.0 Å². The second-order valence-electron chi connectivity index (χ2n) is 3.97. The quantitative estimate of drug-likeness (QED) is 0.788. The number of aryl methyl sites for hydroxylation is 3. The van der Waals surface area contributed by atoms with Crippen LogP contribution in [0.2, 0.25) is 0 Å². The summed E-state index contributed by atoms with van der Waals surface area (Å²) in [5, 5.41) is 4.14. The molecule has 0 atom stereocenters. The van der Waals surface area contributed by atoms with Crippen LogP contribution in [0.25, 0.3) is 0 Å². The third-order valence-electron chi connectivity index (χ3n) is 2.68. The average molecular weight is 216 g/mol. The van der Waals surface area contributed by atoms with Gasteiger partial charge in [-0.1, -0.05) is 24.3 Å². The fraction of sp³-hybridized carbons (Fsp3) is 0.308. The number of nitrogens with zero attached hydrogens (tertiary/aromatic N) is 2. The van der Waals surface area contributed by atoms with Crippen molar-refractivity contribution in [2.75, 3.05) is 0 Å². The van der Waals surface area contributed by atoms with Gasteiger partial charge in [0.05, 0.1) is 6.20 Å². The monoisotopic (exact) mass is 216 g/mol. The number of rotatable bonds is 3. The molecule has 0 N–H and O–H groups in total. The van der Waals surface area contributed by atoms with Crippen LogP contribution in [-0.4, -0.2) is 9.78 Å². The minimum atomic E-state index is 0.590. The average Bonchev–Trinajstić information content (AvgIpc) is 2.58. The first kappa shape index (κ1) is 10.7. The number of hydrogen-bond acceptors (Lipinski definition) is 2. The van der Waals surface area contributed by atoms with Crippen molar-refractivity contribution in [1.82, 2.24) is 9.78 Å². The Kier molecular flexibility index (Phi) is 2.95. The fourth-order valence-corrected chi connectivity index (χ4v) is 1.66. The molecule has 1 heterocycles. The Bertz CT molecular complexity index is 469. The highest BCUT2D eigenvalue weighted by Gasteiger charge is 2.06. The summed E-state index contributed by atoms with van der Waals surface area (Å²) >= 11 is 0. The van der Waals surface area contributed by atoms with E-state index in [-0.39, 0.29) is 0 Å². The molecule has 0 fully saturated rings. The van der Waals surface area contributed by atoms with E-state index in [0.29, 0.717) is 6.61 Å². The van der Waals surface area contributed by atoms with Crippen LogP contribution in [0.15, 0.2) is 30.5 Å². The Hall–Kier alpha value is -1.77. The molecule has 2 aromatic rings. The molecule has 0 unspecified atom stereocenters. The highest BCUT2D eigenvalue weighted by atomic mass is 16.5. The molecular weight excluding hydrogens is 200 g/mol. The van der Waals surface area contributed by atoms with Crippen molar-refractivity contribution in [2.24, 2.45) is 7.05 Å². The lowest BCUT2D eigenvalue weighted by Gasteiger charge is -2.09. The van der Waals surface area contributed by atoms with Gasteiger partial charge in [-0.15, -0.1) is 0 Å². The van der Waals surface area contributed by atoms with Crippen LogP contribution in [-0.2, 0) is 13.7 Å². The maximum atomic E-state index is 5.77. The first-order valence-electron chi connectivity index (χ1n) is 5.34. The molecule has 0 saturated heterocycles. The second kappa shape index (κ2) is 4.39. The van der Waals surface area contributed by atoms with Gasteiger partial charge in [0.2, 0.25) is 5.88 Å². The highest BCUT2D eigenvalue weighted by Crippen LogP contribution is 2.17. The normalized spacial score (nSPS) is 10.4. The minimum absolute atomic E-state index is 0.590. The molecule has 0 radical (unpaired) electrons. The van der Waals surface area contributed by atoms with Gasteiger partial charge in [-0.2, -0.15) is 5.10 Å². The SMILES string of the molecule is Cc1ccccc1COc1c(C)cnn1C. The second-order valence-corrected chi connectivity index (χ2v) is 3.97. The van der Waals surface area contributed by atoms with E-state index >= 15 is 0 Å². The van der Waals surface area contributed by atoms with Crippen molar-refractivity contribution in [2.45, 2.75) is 20.5 Å². The molecule has 0 aliphatic heterocycles. The summed E-state index contributed by atoms with van der Waals surface area (Å²) in [5.74, 6) is 0.836. The Labute approximate surface area is 95.7 Å². The summed E-state index contributed by atoms with van der Waals surface area (Å²) in [6.45, 7) is 4.68. The Morgan fingerprint density at radius 2 is 1.94 bits per heavy atom. The van der Waals surface area contributed by atoms with Crippen LogP contribution in [0, 0.1) is 13.8 Å². The van der Waals surface area contributed by atoms with E-state index in [0.717, 1.165) is 11.4 Å². The molecular formula is C13H16N2O. The Morgan fingerprint density at radius 3 is 2.56 bits per heavy atom. The first-order chi connectivity index (χ1) is 7.68. The van der Waals surface area contributed by atoms with Crippen molar-refractivity contribution in [3.63, 3.8) is 0 Å². The molecule has 1 aromatic heterocycles. The fourth-order valence-electron chi connectivity index (χ4n) is 1.66. The van der Waals surface area contributed by atoms with Crippen LogP contribution >= 0.6 is 0 Å². The molecule has 0 saturated carbocycles. The molecule has 16 heavy (non-hydrogen) atoms. The molecule has 0 spiro atoms. The maximum Gasteiger partial charge on any atom is 0.214 e. The molecule has 0 bridgehead atoms. The third kappa shape index (κ3) is 2.08. The van der Waals surface area contributed by atoms with Crippen molar-refractivity contribution in [3.8, 4) is 5.88 Å². The molecule has 84 valence electrons. The number of ether oxygens (including phenoxy) is 1. The number of hydrogen-bond donors (Lipinski definition) is 0. The molecule has 3 nitrogen and oxygen atoms in total. The van der Waals surface area contributed by atoms with Crippen LogP contribution in [0.4, 0.5) is 0 Å². The largest absolute Gasteiger partial charge is 0.473 e. The molecule has 2 rings (SSSR count). The van der Waals surface area contributed by atoms with Gasteiger partial charge in [0.15, 0.2) is 0 Å². The van der Waals surface area contributed by atoms with Gasteiger partial charge >= 0.3 is 0 Å². The zero-order chi connectivity index (χ0) is 11.5. The van der Waals surface area contributed by atoms with Crippen LogP contribution in [0.3, 0.4) is 0 Å².